The van der Waals surface area contributed by atoms with E-state index in [1.165, 1.54) is 0 Å². The number of aromatic nitrogens is 4. The van der Waals surface area contributed by atoms with Crippen molar-refractivity contribution in [2.45, 2.75) is 6.92 Å². The van der Waals surface area contributed by atoms with Crippen molar-refractivity contribution in [3.8, 4) is 11.3 Å². The van der Waals surface area contributed by atoms with E-state index in [1.54, 1.807) is 6.20 Å². The number of anilines is 1. The molecule has 0 saturated carbocycles. The highest BCUT2D eigenvalue weighted by Crippen LogP contribution is 2.23. The minimum Gasteiger partial charge on any atom is -0.369 e. The molecule has 5 nitrogen and oxygen atoms in total. The number of nitrogen functional groups attached to an aromatic ring is 1. The van der Waals surface area contributed by atoms with E-state index in [0.717, 1.165) is 28.1 Å². The topological polar surface area (TPSA) is 72.5 Å². The van der Waals surface area contributed by atoms with Crippen molar-refractivity contribution in [2.75, 3.05) is 5.73 Å². The van der Waals surface area contributed by atoms with Crippen LogP contribution >= 0.6 is 0 Å². The largest absolute Gasteiger partial charge is 0.369 e. The normalized spacial score (nSPS) is 11.2. The molecule has 3 aromatic rings. The summed E-state index contributed by atoms with van der Waals surface area (Å²) >= 11 is 0. The molecule has 0 saturated heterocycles. The first-order chi connectivity index (χ1) is 8.15. The van der Waals surface area contributed by atoms with Crippen molar-refractivity contribution >= 4 is 17.0 Å². The van der Waals surface area contributed by atoms with Gasteiger partial charge in [0.05, 0.1) is 22.9 Å². The lowest BCUT2D eigenvalue weighted by Crippen LogP contribution is -1.89. The summed E-state index contributed by atoms with van der Waals surface area (Å²) in [7, 11) is 2.01. The number of nitrogens with zero attached hydrogens (tertiary/aromatic N) is 3. The maximum Gasteiger partial charge on any atom is 0.197 e. The molecule has 0 radical (unpaired) electrons. The maximum absolute atomic E-state index is 5.57. The first kappa shape index (κ1) is 9.89. The van der Waals surface area contributed by atoms with E-state index in [4.69, 9.17) is 5.73 Å². The van der Waals surface area contributed by atoms with Gasteiger partial charge in [-0.3, -0.25) is 0 Å². The number of imidazole rings is 2. The lowest BCUT2D eigenvalue weighted by Gasteiger charge is -1.99. The standard InChI is InChI=1S/C12H13N5/c1-7-15-9-5-8(3-4-11(9)17(7)2)10-6-14-12(13)16-10/h3-6H,1-2H3,(H3,13,14,16). The molecule has 17 heavy (non-hydrogen) atoms. The van der Waals surface area contributed by atoms with Crippen molar-refractivity contribution < 1.29 is 0 Å². The van der Waals surface area contributed by atoms with Gasteiger partial charge in [0.15, 0.2) is 5.95 Å². The Hall–Kier alpha value is -2.30. The van der Waals surface area contributed by atoms with Gasteiger partial charge in [-0.1, -0.05) is 6.07 Å². The van der Waals surface area contributed by atoms with Crippen LogP contribution in [-0.2, 0) is 7.05 Å². The number of benzene rings is 1. The van der Waals surface area contributed by atoms with Crippen LogP contribution in [0, 0.1) is 6.92 Å². The van der Waals surface area contributed by atoms with Crippen LogP contribution in [0.5, 0.6) is 0 Å². The third kappa shape index (κ3) is 1.47. The summed E-state index contributed by atoms with van der Waals surface area (Å²) in [4.78, 5) is 11.5. The Balaban J connectivity index is 2.20. The molecule has 0 unspecified atom stereocenters. The van der Waals surface area contributed by atoms with E-state index in [-0.39, 0.29) is 0 Å². The molecule has 0 atom stereocenters. The summed E-state index contributed by atoms with van der Waals surface area (Å²) in [6, 6.07) is 6.13. The molecular weight excluding hydrogens is 214 g/mol. The molecular formula is C12H13N5. The Kier molecular flexibility index (Phi) is 1.95. The second kappa shape index (κ2) is 3.35. The molecule has 3 rings (SSSR count). The van der Waals surface area contributed by atoms with Gasteiger partial charge in [-0.25, -0.2) is 9.97 Å². The van der Waals surface area contributed by atoms with E-state index in [1.807, 2.05) is 26.1 Å². The highest BCUT2D eigenvalue weighted by atomic mass is 15.1. The van der Waals surface area contributed by atoms with E-state index >= 15 is 0 Å². The summed E-state index contributed by atoms with van der Waals surface area (Å²) in [5.74, 6) is 1.43. The zero-order valence-electron chi connectivity index (χ0n) is 9.73. The van der Waals surface area contributed by atoms with Crippen molar-refractivity contribution in [1.29, 1.82) is 0 Å². The van der Waals surface area contributed by atoms with Gasteiger partial charge in [0, 0.05) is 12.6 Å². The number of hydrogen-bond acceptors (Lipinski definition) is 3. The SMILES string of the molecule is Cc1nc2cc(-c3cnc(N)[nH]3)ccc2n1C. The number of nitrogens with two attached hydrogens (primary N) is 1. The van der Waals surface area contributed by atoms with Gasteiger partial charge < -0.3 is 15.3 Å². The van der Waals surface area contributed by atoms with E-state index < -0.39 is 0 Å². The molecule has 1 aromatic carbocycles. The van der Waals surface area contributed by atoms with Crippen LogP contribution in [0.3, 0.4) is 0 Å². The number of rotatable bonds is 1. The van der Waals surface area contributed by atoms with Crippen molar-refractivity contribution in [1.82, 2.24) is 19.5 Å². The molecule has 5 heteroatoms. The van der Waals surface area contributed by atoms with Crippen LogP contribution in [0.15, 0.2) is 24.4 Å². The van der Waals surface area contributed by atoms with Crippen molar-refractivity contribution in [2.24, 2.45) is 7.05 Å². The summed E-state index contributed by atoms with van der Waals surface area (Å²) in [6.07, 6.45) is 1.73. The molecule has 0 aliphatic heterocycles. The molecule has 0 bridgehead atoms. The zero-order valence-corrected chi connectivity index (χ0v) is 9.73. The number of fused-ring (bicyclic) bond motifs is 1. The smallest absolute Gasteiger partial charge is 0.197 e. The fraction of sp³-hybridized carbons (Fsp3) is 0.167. The maximum atomic E-state index is 5.57. The van der Waals surface area contributed by atoms with Gasteiger partial charge in [-0.05, 0) is 19.1 Å². The number of nitrogens with one attached hydrogen (secondary N) is 1. The van der Waals surface area contributed by atoms with Gasteiger partial charge in [0.1, 0.15) is 5.82 Å². The second-order valence-electron chi connectivity index (χ2n) is 4.10. The molecule has 0 aliphatic rings. The number of hydrogen-bond donors (Lipinski definition) is 2. The van der Waals surface area contributed by atoms with Crippen LogP contribution in [-0.4, -0.2) is 19.5 Å². The quantitative estimate of drug-likeness (QED) is 0.666. The number of H-pyrrole nitrogens is 1. The van der Waals surface area contributed by atoms with Crippen LogP contribution in [0.1, 0.15) is 5.82 Å². The Bertz CT molecular complexity index is 692. The Labute approximate surface area is 98.3 Å². The molecule has 0 fully saturated rings. The average Bonchev–Trinajstić information content (AvgIpc) is 2.85. The summed E-state index contributed by atoms with van der Waals surface area (Å²) < 4.78 is 2.07. The predicted octanol–water partition coefficient (Wildman–Crippen LogP) is 1.85. The number of aryl methyl sites for hydroxylation is 2. The van der Waals surface area contributed by atoms with Gasteiger partial charge in [-0.15, -0.1) is 0 Å². The molecule has 3 N–H and O–H groups in total. The van der Waals surface area contributed by atoms with Gasteiger partial charge in [0.2, 0.25) is 0 Å². The fourth-order valence-electron chi connectivity index (χ4n) is 1.97. The second-order valence-corrected chi connectivity index (χ2v) is 4.10. The zero-order chi connectivity index (χ0) is 12.0. The van der Waals surface area contributed by atoms with Gasteiger partial charge in [0.25, 0.3) is 0 Å². The minimum absolute atomic E-state index is 0.428. The average molecular weight is 227 g/mol. The molecule has 0 amide bonds. The van der Waals surface area contributed by atoms with Crippen LogP contribution in [0.2, 0.25) is 0 Å². The van der Waals surface area contributed by atoms with Gasteiger partial charge >= 0.3 is 0 Å². The first-order valence-electron chi connectivity index (χ1n) is 5.39. The predicted molar refractivity (Wildman–Crippen MR) is 67.4 cm³/mol. The van der Waals surface area contributed by atoms with E-state index in [9.17, 15) is 0 Å². The monoisotopic (exact) mass is 227 g/mol. The minimum atomic E-state index is 0.428. The third-order valence-electron chi connectivity index (χ3n) is 3.01. The first-order valence-corrected chi connectivity index (χ1v) is 5.39. The Morgan fingerprint density at radius 1 is 1.35 bits per heavy atom. The Morgan fingerprint density at radius 2 is 2.18 bits per heavy atom. The Morgan fingerprint density at radius 3 is 2.88 bits per heavy atom. The molecule has 0 spiro atoms. The fourth-order valence-corrected chi connectivity index (χ4v) is 1.97. The van der Waals surface area contributed by atoms with Crippen molar-refractivity contribution in [3.63, 3.8) is 0 Å². The molecule has 2 aromatic heterocycles. The van der Waals surface area contributed by atoms with Crippen LogP contribution in [0.25, 0.3) is 22.3 Å². The highest BCUT2D eigenvalue weighted by molar-refractivity contribution is 5.81. The molecule has 0 aliphatic carbocycles. The van der Waals surface area contributed by atoms with E-state index in [0.29, 0.717) is 5.95 Å². The van der Waals surface area contributed by atoms with Crippen molar-refractivity contribution in [3.05, 3.63) is 30.2 Å². The third-order valence-corrected chi connectivity index (χ3v) is 3.01. The molecule has 2 heterocycles. The summed E-state index contributed by atoms with van der Waals surface area (Å²) in [5, 5.41) is 0. The van der Waals surface area contributed by atoms with E-state index in [2.05, 4.69) is 25.6 Å². The number of aromatic amines is 1. The lowest BCUT2D eigenvalue weighted by molar-refractivity contribution is 0.886. The van der Waals surface area contributed by atoms with Gasteiger partial charge in [-0.2, -0.15) is 0 Å². The van der Waals surface area contributed by atoms with Crippen LogP contribution < -0.4 is 5.73 Å². The van der Waals surface area contributed by atoms with Crippen LogP contribution in [0.4, 0.5) is 5.95 Å². The highest BCUT2D eigenvalue weighted by Gasteiger charge is 2.07. The molecule has 86 valence electrons. The lowest BCUT2D eigenvalue weighted by atomic mass is 10.1. The summed E-state index contributed by atoms with van der Waals surface area (Å²) in [5.41, 5.74) is 9.63. The summed E-state index contributed by atoms with van der Waals surface area (Å²) in [6.45, 7) is 1.99.